The van der Waals surface area contributed by atoms with Gasteiger partial charge >= 0.3 is 0 Å². The van der Waals surface area contributed by atoms with Crippen LogP contribution in [-0.2, 0) is 0 Å². The molecule has 2 rings (SSSR count). The van der Waals surface area contributed by atoms with E-state index < -0.39 is 0 Å². The van der Waals surface area contributed by atoms with Gasteiger partial charge in [-0.25, -0.2) is 0 Å². The first kappa shape index (κ1) is 16.2. The van der Waals surface area contributed by atoms with E-state index in [0.717, 1.165) is 26.3 Å². The topological polar surface area (TPSA) is 30.5 Å². The Morgan fingerprint density at radius 1 is 1.10 bits per heavy atom. The molecule has 1 unspecified atom stereocenters. The van der Waals surface area contributed by atoms with Gasteiger partial charge in [0.15, 0.2) is 0 Å². The van der Waals surface area contributed by atoms with E-state index in [1.54, 1.807) is 14.2 Å². The van der Waals surface area contributed by atoms with Crippen molar-refractivity contribution < 1.29 is 9.47 Å². The van der Waals surface area contributed by atoms with Crippen molar-refractivity contribution in [1.29, 1.82) is 0 Å². The summed E-state index contributed by atoms with van der Waals surface area (Å²) in [5.74, 6) is 1.62. The maximum atomic E-state index is 6.27. The molecule has 0 spiro atoms. The van der Waals surface area contributed by atoms with Gasteiger partial charge < -0.3 is 14.8 Å². The molecule has 21 heavy (non-hydrogen) atoms. The summed E-state index contributed by atoms with van der Waals surface area (Å²) in [6, 6.07) is 11.7. The van der Waals surface area contributed by atoms with Crippen LogP contribution < -0.4 is 14.8 Å². The molecular formula is C16H17ClINO2. The third kappa shape index (κ3) is 3.95. The number of anilines is 1. The van der Waals surface area contributed by atoms with Crippen molar-refractivity contribution in [3.8, 4) is 11.5 Å². The molecule has 0 saturated carbocycles. The van der Waals surface area contributed by atoms with Crippen LogP contribution in [0.1, 0.15) is 18.5 Å². The summed E-state index contributed by atoms with van der Waals surface area (Å²) in [6.45, 7) is 2.06. The Morgan fingerprint density at radius 3 is 2.48 bits per heavy atom. The fourth-order valence-electron chi connectivity index (χ4n) is 2.10. The van der Waals surface area contributed by atoms with E-state index >= 15 is 0 Å². The van der Waals surface area contributed by atoms with E-state index in [4.69, 9.17) is 21.1 Å². The maximum Gasteiger partial charge on any atom is 0.124 e. The highest BCUT2D eigenvalue weighted by atomic mass is 127. The number of hydrogen-bond acceptors (Lipinski definition) is 3. The predicted octanol–water partition coefficient (Wildman–Crippen LogP) is 5.13. The fraction of sp³-hybridized carbons (Fsp3) is 0.250. The number of benzene rings is 2. The first-order valence-corrected chi connectivity index (χ1v) is 7.94. The van der Waals surface area contributed by atoms with Gasteiger partial charge in [-0.1, -0.05) is 11.6 Å². The van der Waals surface area contributed by atoms with E-state index in [1.807, 2.05) is 36.4 Å². The minimum Gasteiger partial charge on any atom is -0.497 e. The zero-order valence-corrected chi connectivity index (χ0v) is 15.0. The Kier molecular flexibility index (Phi) is 5.58. The van der Waals surface area contributed by atoms with Crippen LogP contribution in [0, 0.1) is 3.57 Å². The number of nitrogens with one attached hydrogen (secondary N) is 1. The summed E-state index contributed by atoms with van der Waals surface area (Å²) < 4.78 is 11.8. The Balaban J connectivity index is 2.28. The molecule has 112 valence electrons. The molecular weight excluding hydrogens is 401 g/mol. The smallest absolute Gasteiger partial charge is 0.124 e. The van der Waals surface area contributed by atoms with Crippen molar-refractivity contribution in [1.82, 2.24) is 0 Å². The molecule has 5 heteroatoms. The number of halogens is 2. The summed E-state index contributed by atoms with van der Waals surface area (Å²) in [6.07, 6.45) is 0. The highest BCUT2D eigenvalue weighted by Crippen LogP contribution is 2.33. The fourth-order valence-corrected chi connectivity index (χ4v) is 3.01. The minimum absolute atomic E-state index is 0.0348. The zero-order chi connectivity index (χ0) is 15.4. The van der Waals surface area contributed by atoms with Crippen molar-refractivity contribution in [3.05, 3.63) is 50.6 Å². The SMILES string of the molecule is COc1ccc(OC)c(C(C)Nc2ccc(I)cc2Cl)c1. The molecule has 0 aliphatic rings. The largest absolute Gasteiger partial charge is 0.497 e. The molecule has 1 N–H and O–H groups in total. The molecule has 0 heterocycles. The van der Waals surface area contributed by atoms with Gasteiger partial charge in [-0.05, 0) is 65.9 Å². The van der Waals surface area contributed by atoms with Gasteiger partial charge in [-0.3, -0.25) is 0 Å². The lowest BCUT2D eigenvalue weighted by Crippen LogP contribution is -2.09. The third-order valence-electron chi connectivity index (χ3n) is 3.21. The molecule has 0 aliphatic heterocycles. The lowest BCUT2D eigenvalue weighted by Gasteiger charge is -2.20. The van der Waals surface area contributed by atoms with Gasteiger partial charge in [0.25, 0.3) is 0 Å². The standard InChI is InChI=1S/C16H17ClINO2/c1-10(19-15-6-4-11(18)8-14(15)17)13-9-12(20-2)5-7-16(13)21-3/h4-10,19H,1-3H3. The van der Waals surface area contributed by atoms with Crippen molar-refractivity contribution in [3.63, 3.8) is 0 Å². The van der Waals surface area contributed by atoms with Crippen LogP contribution in [0.15, 0.2) is 36.4 Å². The van der Waals surface area contributed by atoms with Crippen molar-refractivity contribution in [2.75, 3.05) is 19.5 Å². The monoisotopic (exact) mass is 417 g/mol. The average Bonchev–Trinajstić information content (AvgIpc) is 2.49. The number of ether oxygens (including phenoxy) is 2. The lowest BCUT2D eigenvalue weighted by atomic mass is 10.1. The van der Waals surface area contributed by atoms with E-state index in [-0.39, 0.29) is 6.04 Å². The number of hydrogen-bond donors (Lipinski definition) is 1. The van der Waals surface area contributed by atoms with Crippen LogP contribution in [0.2, 0.25) is 5.02 Å². The quantitative estimate of drug-likeness (QED) is 0.684. The third-order valence-corrected chi connectivity index (χ3v) is 4.19. The lowest BCUT2D eigenvalue weighted by molar-refractivity contribution is 0.397. The highest BCUT2D eigenvalue weighted by molar-refractivity contribution is 14.1. The second kappa shape index (κ2) is 7.22. The van der Waals surface area contributed by atoms with Gasteiger partial charge in [0.1, 0.15) is 11.5 Å². The minimum atomic E-state index is 0.0348. The summed E-state index contributed by atoms with van der Waals surface area (Å²) in [4.78, 5) is 0. The molecule has 2 aromatic carbocycles. The Hall–Kier alpha value is -1.14. The van der Waals surface area contributed by atoms with Gasteiger partial charge in [0.05, 0.1) is 31.0 Å². The van der Waals surface area contributed by atoms with Crippen LogP contribution in [-0.4, -0.2) is 14.2 Å². The van der Waals surface area contributed by atoms with Crippen LogP contribution in [0.5, 0.6) is 11.5 Å². The molecule has 0 radical (unpaired) electrons. The van der Waals surface area contributed by atoms with E-state index in [0.29, 0.717) is 5.02 Å². The molecule has 3 nitrogen and oxygen atoms in total. The van der Waals surface area contributed by atoms with E-state index in [1.165, 1.54) is 0 Å². The van der Waals surface area contributed by atoms with Crippen molar-refractivity contribution >= 4 is 39.9 Å². The van der Waals surface area contributed by atoms with Gasteiger partial charge in [-0.15, -0.1) is 0 Å². The molecule has 1 atom stereocenters. The number of rotatable bonds is 5. The summed E-state index contributed by atoms with van der Waals surface area (Å²) in [7, 11) is 3.32. The maximum absolute atomic E-state index is 6.27. The first-order chi connectivity index (χ1) is 10.0. The van der Waals surface area contributed by atoms with Gasteiger partial charge in [-0.2, -0.15) is 0 Å². The number of methoxy groups -OCH3 is 2. The second-order valence-electron chi connectivity index (χ2n) is 4.60. The molecule has 0 aliphatic carbocycles. The molecule has 0 aromatic heterocycles. The van der Waals surface area contributed by atoms with E-state index in [2.05, 4.69) is 34.8 Å². The van der Waals surface area contributed by atoms with Crippen LogP contribution in [0.25, 0.3) is 0 Å². The molecule has 0 saturated heterocycles. The molecule has 2 aromatic rings. The summed E-state index contributed by atoms with van der Waals surface area (Å²) in [5, 5.41) is 4.11. The predicted molar refractivity (Wildman–Crippen MR) is 95.8 cm³/mol. The second-order valence-corrected chi connectivity index (χ2v) is 6.25. The Labute approximate surface area is 143 Å². The highest BCUT2D eigenvalue weighted by Gasteiger charge is 2.14. The van der Waals surface area contributed by atoms with Crippen LogP contribution >= 0.6 is 34.2 Å². The van der Waals surface area contributed by atoms with Gasteiger partial charge in [0, 0.05) is 9.13 Å². The molecule has 0 fully saturated rings. The molecule has 0 bridgehead atoms. The Morgan fingerprint density at radius 2 is 1.86 bits per heavy atom. The first-order valence-electron chi connectivity index (χ1n) is 6.48. The Bertz CT molecular complexity index is 634. The van der Waals surface area contributed by atoms with Crippen molar-refractivity contribution in [2.45, 2.75) is 13.0 Å². The summed E-state index contributed by atoms with van der Waals surface area (Å²) >= 11 is 8.51. The van der Waals surface area contributed by atoms with E-state index in [9.17, 15) is 0 Å². The average molecular weight is 418 g/mol. The summed E-state index contributed by atoms with van der Waals surface area (Å²) in [5.41, 5.74) is 1.92. The van der Waals surface area contributed by atoms with Crippen molar-refractivity contribution in [2.24, 2.45) is 0 Å². The van der Waals surface area contributed by atoms with Crippen LogP contribution in [0.3, 0.4) is 0 Å². The molecule has 0 amide bonds. The van der Waals surface area contributed by atoms with Crippen LogP contribution in [0.4, 0.5) is 5.69 Å². The van der Waals surface area contributed by atoms with Gasteiger partial charge in [0.2, 0.25) is 0 Å². The zero-order valence-electron chi connectivity index (χ0n) is 12.1. The normalized spacial score (nSPS) is 11.9.